The normalized spacial score (nSPS) is 13.1. The lowest BCUT2D eigenvalue weighted by Crippen LogP contribution is -2.30. The van der Waals surface area contributed by atoms with E-state index in [-0.39, 0.29) is 37.5 Å². The van der Waals surface area contributed by atoms with Crippen LogP contribution in [0.1, 0.15) is 220 Å². The Hall–Kier alpha value is -4.19. The maximum absolute atomic E-state index is 12.8. The van der Waals surface area contributed by atoms with E-state index in [1.807, 2.05) is 0 Å². The third-order valence-electron chi connectivity index (χ3n) is 10.7. The summed E-state index contributed by atoms with van der Waals surface area (Å²) in [4.78, 5) is 37.9. The van der Waals surface area contributed by atoms with Gasteiger partial charge in [0.25, 0.3) is 0 Å². The zero-order valence-electron chi connectivity index (χ0n) is 42.4. The number of esters is 3. The van der Waals surface area contributed by atoms with Crippen molar-refractivity contribution >= 4 is 17.9 Å². The molecule has 66 heavy (non-hydrogen) atoms. The third-order valence-corrected chi connectivity index (χ3v) is 10.7. The Morgan fingerprint density at radius 3 is 0.955 bits per heavy atom. The Labute approximate surface area is 405 Å². The predicted octanol–water partition coefficient (Wildman–Crippen LogP) is 17.7. The highest BCUT2D eigenvalue weighted by Crippen LogP contribution is 2.13. The van der Waals surface area contributed by atoms with Crippen LogP contribution in [0.5, 0.6) is 0 Å². The fourth-order valence-corrected chi connectivity index (χ4v) is 6.79. The Kier molecular flexibility index (Phi) is 50.0. The van der Waals surface area contributed by atoms with Crippen molar-refractivity contribution in [2.45, 2.75) is 226 Å². The molecule has 0 aliphatic rings. The molecule has 0 radical (unpaired) electrons. The fraction of sp³-hybridized carbons (Fsp3) is 0.617. The first kappa shape index (κ1) is 61.8. The van der Waals surface area contributed by atoms with Crippen molar-refractivity contribution in [2.75, 3.05) is 13.2 Å². The molecule has 0 rings (SSSR count). The second kappa shape index (κ2) is 53.4. The van der Waals surface area contributed by atoms with Gasteiger partial charge in [0.1, 0.15) is 13.2 Å². The molecule has 0 saturated carbocycles. The second-order valence-corrected chi connectivity index (χ2v) is 17.0. The second-order valence-electron chi connectivity index (χ2n) is 17.0. The van der Waals surface area contributed by atoms with Crippen molar-refractivity contribution in [3.05, 3.63) is 122 Å². The van der Waals surface area contributed by atoms with E-state index in [1.165, 1.54) is 44.9 Å². The van der Waals surface area contributed by atoms with Crippen LogP contribution in [0.4, 0.5) is 0 Å². The number of hydrogen-bond acceptors (Lipinski definition) is 6. The molecule has 6 nitrogen and oxygen atoms in total. The zero-order chi connectivity index (χ0) is 47.9. The summed E-state index contributed by atoms with van der Waals surface area (Å²) in [7, 11) is 0. The lowest BCUT2D eigenvalue weighted by Gasteiger charge is -2.18. The van der Waals surface area contributed by atoms with Crippen LogP contribution >= 0.6 is 0 Å². The van der Waals surface area contributed by atoms with Gasteiger partial charge < -0.3 is 14.2 Å². The zero-order valence-corrected chi connectivity index (χ0v) is 42.4. The van der Waals surface area contributed by atoms with Gasteiger partial charge in [-0.2, -0.15) is 0 Å². The molecule has 0 fully saturated rings. The highest BCUT2D eigenvalue weighted by molar-refractivity contribution is 5.71. The topological polar surface area (TPSA) is 78.9 Å². The lowest BCUT2D eigenvalue weighted by atomic mass is 10.1. The van der Waals surface area contributed by atoms with Crippen molar-refractivity contribution in [2.24, 2.45) is 0 Å². The van der Waals surface area contributed by atoms with Crippen molar-refractivity contribution in [1.82, 2.24) is 0 Å². The summed E-state index contributed by atoms with van der Waals surface area (Å²) in [5, 5.41) is 0. The molecule has 0 aromatic carbocycles. The van der Waals surface area contributed by atoms with Gasteiger partial charge in [-0.05, 0) is 109 Å². The monoisotopic (exact) mass is 913 g/mol. The van der Waals surface area contributed by atoms with Gasteiger partial charge >= 0.3 is 17.9 Å². The molecule has 0 spiro atoms. The van der Waals surface area contributed by atoms with Crippen LogP contribution in [0.3, 0.4) is 0 Å². The van der Waals surface area contributed by atoms with E-state index in [1.54, 1.807) is 0 Å². The maximum Gasteiger partial charge on any atom is 0.306 e. The number of carbonyl (C=O) groups is 3. The summed E-state index contributed by atoms with van der Waals surface area (Å²) in [6.45, 7) is 6.31. The molecule has 0 aliphatic carbocycles. The van der Waals surface area contributed by atoms with Crippen LogP contribution in [0.2, 0.25) is 0 Å². The molecule has 0 N–H and O–H groups in total. The molecule has 0 amide bonds. The minimum absolute atomic E-state index is 0.102. The molecule has 1 atom stereocenters. The fourth-order valence-electron chi connectivity index (χ4n) is 6.79. The van der Waals surface area contributed by atoms with Gasteiger partial charge in [0.05, 0.1) is 0 Å². The average Bonchev–Trinajstić information content (AvgIpc) is 3.31. The summed E-state index contributed by atoms with van der Waals surface area (Å²) in [5.41, 5.74) is 0. The first-order valence-corrected chi connectivity index (χ1v) is 26.5. The van der Waals surface area contributed by atoms with E-state index >= 15 is 0 Å². The van der Waals surface area contributed by atoms with Crippen LogP contribution in [0.15, 0.2) is 122 Å². The number of rotatable bonds is 46. The quantitative estimate of drug-likeness (QED) is 0.0262. The van der Waals surface area contributed by atoms with Crippen molar-refractivity contribution in [3.63, 3.8) is 0 Å². The molecule has 372 valence electrons. The Balaban J connectivity index is 4.34. The highest BCUT2D eigenvalue weighted by atomic mass is 16.6. The van der Waals surface area contributed by atoms with E-state index in [9.17, 15) is 14.4 Å². The van der Waals surface area contributed by atoms with E-state index < -0.39 is 6.10 Å². The van der Waals surface area contributed by atoms with Gasteiger partial charge in [0.15, 0.2) is 6.10 Å². The third kappa shape index (κ3) is 50.8. The number of allylic oxidation sites excluding steroid dienone is 20. The summed E-state index contributed by atoms with van der Waals surface area (Å²) < 4.78 is 16.7. The van der Waals surface area contributed by atoms with Crippen LogP contribution < -0.4 is 0 Å². The summed E-state index contributed by atoms with van der Waals surface area (Å²) >= 11 is 0. The van der Waals surface area contributed by atoms with Crippen molar-refractivity contribution < 1.29 is 28.6 Å². The van der Waals surface area contributed by atoms with Gasteiger partial charge in [0, 0.05) is 19.3 Å². The largest absolute Gasteiger partial charge is 0.462 e. The van der Waals surface area contributed by atoms with Crippen LogP contribution in [-0.2, 0) is 28.6 Å². The minimum Gasteiger partial charge on any atom is -0.462 e. The Bertz CT molecular complexity index is 1420. The van der Waals surface area contributed by atoms with Crippen LogP contribution in [0.25, 0.3) is 0 Å². The van der Waals surface area contributed by atoms with E-state index in [4.69, 9.17) is 14.2 Å². The van der Waals surface area contributed by atoms with Crippen molar-refractivity contribution in [3.8, 4) is 0 Å². The van der Waals surface area contributed by atoms with Crippen molar-refractivity contribution in [1.29, 1.82) is 0 Å². The Morgan fingerprint density at radius 2 is 0.591 bits per heavy atom. The standard InChI is InChI=1S/C60H96O6/c1-4-7-10-13-16-19-21-23-25-26-27-28-29-30-31-32-33-34-36-37-39-41-44-47-50-53-59(62)65-56-57(55-64-58(61)52-49-46-43-18-15-12-9-6-3)66-60(63)54-51-48-45-42-40-38-35-24-22-20-17-14-11-8-5-2/h7-8,10-11,16-17,19-20,23-25,27-28,30-31,33-35,40,42,57H,4-6,9,12-15,18,21-22,26,29,32,36-39,41,43-56H2,1-3H3/b10-7-,11-8-,19-16-,20-17-,25-23-,28-27-,31-30-,34-33-,35-24-,42-40-. The molecule has 0 heterocycles. The maximum atomic E-state index is 12.8. The number of ether oxygens (including phenoxy) is 3. The molecule has 0 aromatic heterocycles. The predicted molar refractivity (Wildman–Crippen MR) is 283 cm³/mol. The summed E-state index contributed by atoms with van der Waals surface area (Å²) in [6, 6.07) is 0. The highest BCUT2D eigenvalue weighted by Gasteiger charge is 2.19. The van der Waals surface area contributed by atoms with E-state index in [2.05, 4.69) is 142 Å². The first-order valence-electron chi connectivity index (χ1n) is 26.5. The molecule has 0 aromatic rings. The lowest BCUT2D eigenvalue weighted by molar-refractivity contribution is -0.167. The van der Waals surface area contributed by atoms with Gasteiger partial charge in [-0.1, -0.05) is 213 Å². The molecule has 0 aliphatic heterocycles. The molecular weight excluding hydrogens is 817 g/mol. The minimum atomic E-state index is -0.806. The van der Waals surface area contributed by atoms with Gasteiger partial charge in [-0.15, -0.1) is 0 Å². The summed E-state index contributed by atoms with van der Waals surface area (Å²) in [5.74, 6) is -0.971. The number of unbranched alkanes of at least 4 members (excludes halogenated alkanes) is 15. The summed E-state index contributed by atoms with van der Waals surface area (Å²) in [6.07, 6.45) is 73.4. The molecule has 0 bridgehead atoms. The first-order chi connectivity index (χ1) is 32.5. The number of carbonyl (C=O) groups excluding carboxylic acids is 3. The van der Waals surface area contributed by atoms with Gasteiger partial charge in [-0.25, -0.2) is 0 Å². The smallest absolute Gasteiger partial charge is 0.306 e. The van der Waals surface area contributed by atoms with E-state index in [0.717, 1.165) is 128 Å². The average molecular weight is 913 g/mol. The molecule has 0 saturated heterocycles. The molecule has 6 heteroatoms. The number of hydrogen-bond donors (Lipinski definition) is 0. The van der Waals surface area contributed by atoms with Crippen LogP contribution in [-0.4, -0.2) is 37.2 Å². The SMILES string of the molecule is CC/C=C\C/C=C\C/C=C\C/C=C\C/C=C\C/C=C\CCCCCCCCC(=O)OCC(COC(=O)CCCCCCCCCC)OC(=O)CCCC/C=C\C/C=C\C/C=C\C/C=C\CC. The van der Waals surface area contributed by atoms with Crippen LogP contribution in [0, 0.1) is 0 Å². The van der Waals surface area contributed by atoms with Gasteiger partial charge in [0.2, 0.25) is 0 Å². The molecule has 1 unspecified atom stereocenters. The van der Waals surface area contributed by atoms with Gasteiger partial charge in [-0.3, -0.25) is 14.4 Å². The van der Waals surface area contributed by atoms with E-state index in [0.29, 0.717) is 19.3 Å². The Morgan fingerprint density at radius 1 is 0.318 bits per heavy atom. The molecular formula is C60H96O6.